The first-order chi connectivity index (χ1) is 7.23. The van der Waals surface area contributed by atoms with E-state index in [1.54, 1.807) is 20.8 Å². The van der Waals surface area contributed by atoms with Crippen LogP contribution >= 0.6 is 0 Å². The molecule has 6 heteroatoms. The smallest absolute Gasteiger partial charge is 0.408 e. The number of hydrogen-bond acceptors (Lipinski definition) is 3. The predicted octanol–water partition coefficient (Wildman–Crippen LogP) is -0.0193. The lowest BCUT2D eigenvalue weighted by Crippen LogP contribution is -2.63. The summed E-state index contributed by atoms with van der Waals surface area (Å²) < 4.78 is 0. The molecule has 1 fully saturated rings. The molecule has 1 rings (SSSR count). The first-order valence-electron chi connectivity index (χ1n) is 5.28. The Morgan fingerprint density at radius 2 is 2.12 bits per heavy atom. The molecule has 0 aromatic rings. The van der Waals surface area contributed by atoms with Gasteiger partial charge < -0.3 is 16.2 Å². The van der Waals surface area contributed by atoms with E-state index in [1.807, 2.05) is 0 Å². The van der Waals surface area contributed by atoms with E-state index in [2.05, 4.69) is 5.32 Å². The van der Waals surface area contributed by atoms with Crippen LogP contribution in [0.4, 0.5) is 4.79 Å². The van der Waals surface area contributed by atoms with Crippen LogP contribution in [0.15, 0.2) is 0 Å². The van der Waals surface area contributed by atoms with Crippen molar-refractivity contribution in [2.75, 3.05) is 6.54 Å². The van der Waals surface area contributed by atoms with Gasteiger partial charge in [-0.3, -0.25) is 9.69 Å². The first kappa shape index (κ1) is 12.8. The van der Waals surface area contributed by atoms with Crippen LogP contribution in [0.1, 0.15) is 27.2 Å². The number of rotatable bonds is 1. The highest BCUT2D eigenvalue weighted by molar-refractivity contribution is 5.79. The Balaban J connectivity index is 2.93. The number of nitrogens with two attached hydrogens (primary N) is 1. The van der Waals surface area contributed by atoms with E-state index in [9.17, 15) is 14.7 Å². The van der Waals surface area contributed by atoms with E-state index in [-0.39, 0.29) is 18.4 Å². The van der Waals surface area contributed by atoms with Gasteiger partial charge in [-0.15, -0.1) is 0 Å². The average molecular weight is 229 g/mol. The Bertz CT molecular complexity index is 298. The van der Waals surface area contributed by atoms with E-state index in [1.165, 1.54) is 4.90 Å². The zero-order valence-electron chi connectivity index (χ0n) is 9.86. The largest absolute Gasteiger partial charge is 0.465 e. The van der Waals surface area contributed by atoms with Gasteiger partial charge in [-0.2, -0.15) is 0 Å². The van der Waals surface area contributed by atoms with Gasteiger partial charge in [0.2, 0.25) is 5.91 Å². The molecule has 0 spiro atoms. The van der Waals surface area contributed by atoms with Crippen molar-refractivity contribution in [1.82, 2.24) is 10.2 Å². The number of carbonyl (C=O) groups excluding carboxylic acids is 1. The summed E-state index contributed by atoms with van der Waals surface area (Å²) in [6.07, 6.45) is -0.910. The second-order valence-electron chi connectivity index (χ2n) is 5.06. The van der Waals surface area contributed by atoms with Gasteiger partial charge in [0.05, 0.1) is 6.04 Å². The van der Waals surface area contributed by atoms with E-state index in [0.29, 0.717) is 6.54 Å². The van der Waals surface area contributed by atoms with Gasteiger partial charge >= 0.3 is 6.09 Å². The zero-order chi connectivity index (χ0) is 12.5. The van der Waals surface area contributed by atoms with E-state index in [4.69, 9.17) is 5.73 Å². The third-order valence-electron chi connectivity index (χ3n) is 2.68. The summed E-state index contributed by atoms with van der Waals surface area (Å²) in [6.45, 7) is 5.70. The number of nitrogens with one attached hydrogen (secondary N) is 1. The molecule has 0 unspecified atom stereocenters. The minimum Gasteiger partial charge on any atom is -0.465 e. The molecular formula is C10H19N3O3. The molecule has 0 aromatic carbocycles. The van der Waals surface area contributed by atoms with Crippen molar-refractivity contribution in [3.05, 3.63) is 0 Å². The fourth-order valence-electron chi connectivity index (χ4n) is 1.99. The molecule has 0 aromatic heterocycles. The van der Waals surface area contributed by atoms with E-state index >= 15 is 0 Å². The Labute approximate surface area is 94.8 Å². The average Bonchev–Trinajstić information content (AvgIpc) is 2.08. The molecule has 16 heavy (non-hydrogen) atoms. The molecule has 2 atom stereocenters. The molecule has 0 radical (unpaired) electrons. The molecular weight excluding hydrogens is 210 g/mol. The van der Waals surface area contributed by atoms with Crippen molar-refractivity contribution in [3.63, 3.8) is 0 Å². The van der Waals surface area contributed by atoms with Crippen LogP contribution in [0.2, 0.25) is 0 Å². The van der Waals surface area contributed by atoms with Crippen molar-refractivity contribution < 1.29 is 14.7 Å². The van der Waals surface area contributed by atoms with Crippen LogP contribution in [0, 0.1) is 0 Å². The fraction of sp³-hybridized carbons (Fsp3) is 0.800. The molecule has 0 aliphatic carbocycles. The van der Waals surface area contributed by atoms with Gasteiger partial charge in [-0.25, -0.2) is 4.79 Å². The molecule has 2 amide bonds. The van der Waals surface area contributed by atoms with Crippen molar-refractivity contribution >= 4 is 12.0 Å². The SMILES string of the molecule is CC(C)(C)N(C(=O)O)[C@H]1CC(=O)NC[C@H]1N. The summed E-state index contributed by atoms with van der Waals surface area (Å²) in [6, 6.07) is -0.806. The van der Waals surface area contributed by atoms with Gasteiger partial charge in [-0.1, -0.05) is 0 Å². The lowest BCUT2D eigenvalue weighted by Gasteiger charge is -2.43. The van der Waals surface area contributed by atoms with Crippen molar-refractivity contribution in [2.24, 2.45) is 5.73 Å². The number of carbonyl (C=O) groups is 2. The summed E-state index contributed by atoms with van der Waals surface area (Å²) >= 11 is 0. The molecule has 92 valence electrons. The third-order valence-corrected chi connectivity index (χ3v) is 2.68. The predicted molar refractivity (Wildman–Crippen MR) is 59.0 cm³/mol. The maximum atomic E-state index is 11.3. The van der Waals surface area contributed by atoms with Gasteiger partial charge in [0, 0.05) is 24.5 Å². The summed E-state index contributed by atoms with van der Waals surface area (Å²) in [5.74, 6) is -0.151. The molecule has 4 N–H and O–H groups in total. The Morgan fingerprint density at radius 3 is 2.56 bits per heavy atom. The topological polar surface area (TPSA) is 95.7 Å². The van der Waals surface area contributed by atoms with Crippen LogP contribution < -0.4 is 11.1 Å². The second-order valence-corrected chi connectivity index (χ2v) is 5.06. The van der Waals surface area contributed by atoms with Crippen LogP contribution in [0.3, 0.4) is 0 Å². The highest BCUT2D eigenvalue weighted by Gasteiger charge is 2.39. The fourth-order valence-corrected chi connectivity index (χ4v) is 1.99. The summed E-state index contributed by atoms with van der Waals surface area (Å²) in [4.78, 5) is 23.8. The normalized spacial score (nSPS) is 26.1. The lowest BCUT2D eigenvalue weighted by atomic mass is 9.94. The lowest BCUT2D eigenvalue weighted by molar-refractivity contribution is -0.124. The molecule has 1 aliphatic rings. The molecule has 6 nitrogen and oxygen atoms in total. The second kappa shape index (κ2) is 4.29. The maximum absolute atomic E-state index is 11.3. The van der Waals surface area contributed by atoms with Crippen LogP contribution in [0.5, 0.6) is 0 Å². The first-order valence-corrected chi connectivity index (χ1v) is 5.28. The number of nitrogens with zero attached hydrogens (tertiary/aromatic N) is 1. The van der Waals surface area contributed by atoms with Crippen molar-refractivity contribution in [2.45, 2.75) is 44.8 Å². The Hall–Kier alpha value is -1.30. The molecule has 1 saturated heterocycles. The minimum atomic E-state index is -1.04. The summed E-state index contributed by atoms with van der Waals surface area (Å²) in [5.41, 5.74) is 5.29. The number of hydrogen-bond donors (Lipinski definition) is 3. The number of piperidine rings is 1. The highest BCUT2D eigenvalue weighted by Crippen LogP contribution is 2.22. The molecule has 1 heterocycles. The standard InChI is InChI=1S/C10H19N3O3/c1-10(2,3)13(9(15)16)7-4-8(14)12-5-6(7)11/h6-7H,4-5,11H2,1-3H3,(H,12,14)(H,15,16)/t6-,7+/m1/s1. The molecule has 0 bridgehead atoms. The molecule has 0 saturated carbocycles. The zero-order valence-corrected chi connectivity index (χ0v) is 9.86. The van der Waals surface area contributed by atoms with Crippen molar-refractivity contribution in [3.8, 4) is 0 Å². The minimum absolute atomic E-state index is 0.130. The third kappa shape index (κ3) is 2.63. The molecule has 1 aliphatic heterocycles. The Morgan fingerprint density at radius 1 is 1.56 bits per heavy atom. The van der Waals surface area contributed by atoms with E-state index < -0.39 is 17.7 Å². The number of amides is 2. The van der Waals surface area contributed by atoms with Crippen LogP contribution in [0.25, 0.3) is 0 Å². The van der Waals surface area contributed by atoms with Gasteiger partial charge in [0.15, 0.2) is 0 Å². The summed E-state index contributed by atoms with van der Waals surface area (Å²) in [7, 11) is 0. The van der Waals surface area contributed by atoms with Gasteiger partial charge in [0.25, 0.3) is 0 Å². The number of carboxylic acid groups (broad SMARTS) is 1. The summed E-state index contributed by atoms with van der Waals surface area (Å²) in [5, 5.41) is 11.8. The van der Waals surface area contributed by atoms with Crippen LogP contribution in [-0.4, -0.2) is 46.2 Å². The van der Waals surface area contributed by atoms with Crippen molar-refractivity contribution in [1.29, 1.82) is 0 Å². The Kier molecular flexibility index (Phi) is 3.42. The monoisotopic (exact) mass is 229 g/mol. The maximum Gasteiger partial charge on any atom is 0.408 e. The van der Waals surface area contributed by atoms with Gasteiger partial charge in [-0.05, 0) is 20.8 Å². The van der Waals surface area contributed by atoms with E-state index in [0.717, 1.165) is 0 Å². The highest BCUT2D eigenvalue weighted by atomic mass is 16.4. The quantitative estimate of drug-likeness (QED) is 0.589. The van der Waals surface area contributed by atoms with Gasteiger partial charge in [0.1, 0.15) is 0 Å². The van der Waals surface area contributed by atoms with Crippen LogP contribution in [-0.2, 0) is 4.79 Å².